The van der Waals surface area contributed by atoms with Crippen LogP contribution in [-0.2, 0) is 18.2 Å². The number of nitrogens with zero attached hydrogens (tertiary/aromatic N) is 4. The van der Waals surface area contributed by atoms with Crippen LogP contribution in [0.3, 0.4) is 0 Å². The zero-order chi connectivity index (χ0) is 20.1. The lowest BCUT2D eigenvalue weighted by molar-refractivity contribution is -0.00155. The maximum Gasteiger partial charge on any atom is 0.330 e. The Morgan fingerprint density at radius 1 is 1.30 bits per heavy atom. The van der Waals surface area contributed by atoms with Crippen LogP contribution in [0.25, 0.3) is 11.2 Å². The van der Waals surface area contributed by atoms with E-state index in [1.54, 1.807) is 17.8 Å². The highest BCUT2D eigenvalue weighted by Gasteiger charge is 2.67. The van der Waals surface area contributed by atoms with E-state index in [2.05, 4.69) is 10.3 Å². The van der Waals surface area contributed by atoms with Crippen LogP contribution < -0.4 is 15.7 Å². The maximum absolute atomic E-state index is 13.1. The Bertz CT molecular complexity index is 1280. The number of aromatic nitrogens is 4. The number of hydrogen-bond donors (Lipinski definition) is 1. The van der Waals surface area contributed by atoms with Crippen LogP contribution in [0.15, 0.2) is 23.1 Å². The van der Waals surface area contributed by atoms with E-state index in [-0.39, 0.29) is 17.8 Å². The zero-order valence-electron chi connectivity index (χ0n) is 16.3. The Balaban J connectivity index is 1.32. The van der Waals surface area contributed by atoms with Gasteiger partial charge in [-0.3, -0.25) is 9.13 Å². The van der Waals surface area contributed by atoms with Gasteiger partial charge in [0.25, 0.3) is 0 Å². The first kappa shape index (κ1) is 17.1. The van der Waals surface area contributed by atoms with Gasteiger partial charge in [0.2, 0.25) is 5.95 Å². The minimum atomic E-state index is -0.0593. The summed E-state index contributed by atoms with van der Waals surface area (Å²) in [4.78, 5) is 22.3. The van der Waals surface area contributed by atoms with Crippen LogP contribution in [0.1, 0.15) is 24.4 Å². The summed E-state index contributed by atoms with van der Waals surface area (Å²) in [7, 11) is 1.77. The quantitative estimate of drug-likeness (QED) is 0.694. The molecule has 154 valence electrons. The number of aryl methyl sites for hydroxylation is 1. The van der Waals surface area contributed by atoms with Crippen molar-refractivity contribution in [2.75, 3.05) is 11.9 Å². The third-order valence-corrected chi connectivity index (χ3v) is 7.52. The fraction of sp³-hybridized carbons (Fsp3) is 0.476. The summed E-state index contributed by atoms with van der Waals surface area (Å²) < 4.78 is 15.2. The summed E-state index contributed by atoms with van der Waals surface area (Å²) >= 11 is 6.43. The number of halogens is 1. The van der Waals surface area contributed by atoms with Crippen LogP contribution in [0.5, 0.6) is 5.75 Å². The van der Waals surface area contributed by atoms with Gasteiger partial charge >= 0.3 is 5.69 Å². The minimum absolute atomic E-state index is 0.0593. The molecule has 1 N–H and O–H groups in total. The Morgan fingerprint density at radius 2 is 2.20 bits per heavy atom. The number of ether oxygens (including phenoxy) is 2. The summed E-state index contributed by atoms with van der Waals surface area (Å²) in [6.45, 7) is 0.668. The summed E-state index contributed by atoms with van der Waals surface area (Å²) in [5, 5.41) is 3.78. The number of hydrogen-bond acceptors (Lipinski definition) is 6. The van der Waals surface area contributed by atoms with Gasteiger partial charge in [-0.15, -0.1) is 0 Å². The van der Waals surface area contributed by atoms with Crippen molar-refractivity contribution in [2.24, 2.45) is 18.9 Å². The van der Waals surface area contributed by atoms with Crippen molar-refractivity contribution in [3.63, 3.8) is 0 Å². The van der Waals surface area contributed by atoms with Gasteiger partial charge in [0, 0.05) is 25.5 Å². The minimum Gasteiger partial charge on any atom is -0.493 e. The maximum atomic E-state index is 13.1. The van der Waals surface area contributed by atoms with E-state index in [4.69, 9.17) is 26.1 Å². The van der Waals surface area contributed by atoms with Crippen molar-refractivity contribution >= 4 is 34.4 Å². The Labute approximate surface area is 176 Å². The summed E-state index contributed by atoms with van der Waals surface area (Å²) in [6.07, 6.45) is 5.19. The molecule has 2 aromatic heterocycles. The predicted molar refractivity (Wildman–Crippen MR) is 111 cm³/mol. The molecule has 5 heterocycles. The number of fused-ring (bicyclic) bond motifs is 3. The molecular formula is C21H20ClN5O3. The molecular weight excluding hydrogens is 406 g/mol. The van der Waals surface area contributed by atoms with Crippen LogP contribution in [0, 0.1) is 11.8 Å². The summed E-state index contributed by atoms with van der Waals surface area (Å²) in [6, 6.07) is 3.87. The predicted octanol–water partition coefficient (Wildman–Crippen LogP) is 2.81. The second-order valence-corrected chi connectivity index (χ2v) is 9.13. The molecule has 30 heavy (non-hydrogen) atoms. The molecule has 8 nitrogen and oxygen atoms in total. The second kappa shape index (κ2) is 5.76. The largest absolute Gasteiger partial charge is 0.493 e. The van der Waals surface area contributed by atoms with Crippen LogP contribution in [-0.4, -0.2) is 37.9 Å². The van der Waals surface area contributed by atoms with E-state index in [0.717, 1.165) is 35.4 Å². The lowest BCUT2D eigenvalue weighted by Crippen LogP contribution is -2.36. The third kappa shape index (κ3) is 2.18. The highest BCUT2D eigenvalue weighted by molar-refractivity contribution is 6.33. The number of benzene rings is 1. The normalized spacial score (nSPS) is 30.4. The first-order valence-electron chi connectivity index (χ1n) is 10.4. The molecule has 2 saturated heterocycles. The van der Waals surface area contributed by atoms with E-state index in [9.17, 15) is 4.79 Å². The highest BCUT2D eigenvalue weighted by Crippen LogP contribution is 2.63. The standard InChI is InChI=1S/C21H20ClN5O3/c1-26-13-8-23-20(24-12-6-9-4-5-29-15(9)7-11(12)22)25-19(13)27(21(26)28)17-14-3-2-10-16(17)18(10)30-14/h6-8,10,14,16-18H,2-5H2,1H3,(H,23,24,25). The molecule has 2 aliphatic carbocycles. The monoisotopic (exact) mass is 425 g/mol. The van der Waals surface area contributed by atoms with Gasteiger partial charge in [0.1, 0.15) is 11.3 Å². The number of imidazole rings is 1. The average Bonchev–Trinajstić information content (AvgIpc) is 2.99. The fourth-order valence-electron chi connectivity index (χ4n) is 5.71. The number of anilines is 2. The molecule has 0 amide bonds. The van der Waals surface area contributed by atoms with E-state index >= 15 is 0 Å². The summed E-state index contributed by atoms with van der Waals surface area (Å²) in [5.74, 6) is 2.27. The molecule has 4 bridgehead atoms. The SMILES string of the molecule is Cn1c(=O)n(C2C3CCC4C(O3)C42)c2nc(Nc3cc4c(cc3Cl)OCC4)ncc21. The molecule has 4 fully saturated rings. The van der Waals surface area contributed by atoms with Crippen LogP contribution in [0.2, 0.25) is 5.02 Å². The third-order valence-electron chi connectivity index (χ3n) is 7.20. The molecule has 1 aromatic carbocycles. The number of rotatable bonds is 3. The molecule has 5 unspecified atom stereocenters. The Morgan fingerprint density at radius 3 is 3.00 bits per heavy atom. The smallest absolute Gasteiger partial charge is 0.330 e. The van der Waals surface area contributed by atoms with Gasteiger partial charge in [0.15, 0.2) is 5.65 Å². The number of nitrogens with one attached hydrogen (secondary N) is 1. The lowest BCUT2D eigenvalue weighted by atomic mass is 9.92. The van der Waals surface area contributed by atoms with Crippen molar-refractivity contribution in [2.45, 2.75) is 37.5 Å². The first-order valence-corrected chi connectivity index (χ1v) is 10.8. The van der Waals surface area contributed by atoms with Gasteiger partial charge in [-0.25, -0.2) is 9.78 Å². The zero-order valence-corrected chi connectivity index (χ0v) is 17.1. The van der Waals surface area contributed by atoms with Crippen molar-refractivity contribution in [1.29, 1.82) is 0 Å². The summed E-state index contributed by atoms with van der Waals surface area (Å²) in [5.41, 5.74) is 3.15. The molecule has 0 spiro atoms. The second-order valence-electron chi connectivity index (χ2n) is 8.73. The molecule has 0 radical (unpaired) electrons. The topological polar surface area (TPSA) is 83.2 Å². The first-order chi connectivity index (χ1) is 14.6. The molecule has 8 rings (SSSR count). The molecule has 5 aliphatic rings. The van der Waals surface area contributed by atoms with Gasteiger partial charge < -0.3 is 14.8 Å². The molecule has 5 atom stereocenters. The van der Waals surface area contributed by atoms with Crippen molar-refractivity contribution in [1.82, 2.24) is 19.1 Å². The van der Waals surface area contributed by atoms with E-state index in [1.807, 2.05) is 16.7 Å². The molecule has 2 saturated carbocycles. The van der Waals surface area contributed by atoms with Gasteiger partial charge in [-0.05, 0) is 30.4 Å². The van der Waals surface area contributed by atoms with Crippen LogP contribution >= 0.6 is 11.6 Å². The van der Waals surface area contributed by atoms with Crippen molar-refractivity contribution < 1.29 is 9.47 Å². The molecule has 3 aliphatic heterocycles. The van der Waals surface area contributed by atoms with E-state index in [0.29, 0.717) is 41.2 Å². The van der Waals surface area contributed by atoms with Crippen LogP contribution in [0.4, 0.5) is 11.6 Å². The Kier molecular flexibility index (Phi) is 3.29. The van der Waals surface area contributed by atoms with Gasteiger partial charge in [-0.2, -0.15) is 4.98 Å². The fourth-order valence-corrected chi connectivity index (χ4v) is 5.91. The van der Waals surface area contributed by atoms with E-state index in [1.165, 1.54) is 6.42 Å². The van der Waals surface area contributed by atoms with E-state index < -0.39 is 0 Å². The molecule has 9 heteroatoms. The molecule has 3 aromatic rings. The Hall–Kier alpha value is -2.58. The average molecular weight is 426 g/mol. The van der Waals surface area contributed by atoms with Crippen molar-refractivity contribution in [3.05, 3.63) is 39.4 Å². The highest BCUT2D eigenvalue weighted by atomic mass is 35.5. The van der Waals surface area contributed by atoms with Gasteiger partial charge in [0.05, 0.1) is 41.8 Å². The van der Waals surface area contributed by atoms with Gasteiger partial charge in [-0.1, -0.05) is 11.6 Å². The van der Waals surface area contributed by atoms with Crippen molar-refractivity contribution in [3.8, 4) is 5.75 Å². The lowest BCUT2D eigenvalue weighted by Gasteiger charge is -2.29.